The van der Waals surface area contributed by atoms with E-state index in [0.717, 1.165) is 22.2 Å². The first-order valence-electron chi connectivity index (χ1n) is 6.28. The fourth-order valence-corrected chi connectivity index (χ4v) is 2.03. The van der Waals surface area contributed by atoms with Crippen LogP contribution in [0.1, 0.15) is 12.0 Å². The summed E-state index contributed by atoms with van der Waals surface area (Å²) in [7, 11) is 1.81. The van der Waals surface area contributed by atoms with Gasteiger partial charge in [-0.3, -0.25) is 9.78 Å². The minimum atomic E-state index is -0.478. The summed E-state index contributed by atoms with van der Waals surface area (Å²) in [6.07, 6.45) is 7.08. The van der Waals surface area contributed by atoms with Gasteiger partial charge >= 0.3 is 0 Å². The van der Waals surface area contributed by atoms with Crippen molar-refractivity contribution in [1.29, 1.82) is 5.26 Å². The number of carbonyl (C=O) groups excluding carboxylic acids is 1. The standard InChI is InChI=1S/C14H15N5O/c1-16-14-4-13-10(2-3-12(5-15)19-9-20)6-17-7-11(13)8-18-14/h4,6-9,12H,2-3H2,1H3,(H,16,18)(H,19,20). The number of aromatic nitrogens is 2. The molecule has 2 aromatic heterocycles. The van der Waals surface area contributed by atoms with Crippen LogP contribution in [0.15, 0.2) is 24.7 Å². The second kappa shape index (κ2) is 6.48. The highest BCUT2D eigenvalue weighted by molar-refractivity contribution is 5.86. The largest absolute Gasteiger partial charge is 0.373 e. The average Bonchev–Trinajstić information content (AvgIpc) is 2.50. The number of nitrogens with zero attached hydrogens (tertiary/aromatic N) is 3. The van der Waals surface area contributed by atoms with E-state index in [1.807, 2.05) is 13.1 Å². The molecule has 102 valence electrons. The Hall–Kier alpha value is -2.68. The Bertz CT molecular complexity index is 650. The lowest BCUT2D eigenvalue weighted by Crippen LogP contribution is -2.26. The van der Waals surface area contributed by atoms with Gasteiger partial charge in [-0.1, -0.05) is 0 Å². The third-order valence-electron chi connectivity index (χ3n) is 3.11. The molecule has 1 amide bonds. The Morgan fingerprint density at radius 1 is 1.45 bits per heavy atom. The lowest BCUT2D eigenvalue weighted by molar-refractivity contribution is -0.109. The van der Waals surface area contributed by atoms with E-state index < -0.39 is 6.04 Å². The van der Waals surface area contributed by atoms with Crippen molar-refractivity contribution in [3.05, 3.63) is 30.2 Å². The monoisotopic (exact) mass is 269 g/mol. The zero-order valence-corrected chi connectivity index (χ0v) is 11.1. The molecule has 2 aromatic rings. The fraction of sp³-hybridized carbons (Fsp3) is 0.286. The number of amides is 1. The summed E-state index contributed by atoms with van der Waals surface area (Å²) >= 11 is 0. The number of nitriles is 1. The Kier molecular flexibility index (Phi) is 4.45. The minimum Gasteiger partial charge on any atom is -0.373 e. The smallest absolute Gasteiger partial charge is 0.208 e. The molecule has 0 fully saturated rings. The van der Waals surface area contributed by atoms with E-state index >= 15 is 0 Å². The third kappa shape index (κ3) is 3.01. The molecule has 0 aliphatic carbocycles. The molecule has 0 aromatic carbocycles. The summed E-state index contributed by atoms with van der Waals surface area (Å²) in [6.45, 7) is 0. The van der Waals surface area contributed by atoms with E-state index in [2.05, 4.69) is 26.7 Å². The number of hydrogen-bond donors (Lipinski definition) is 2. The maximum Gasteiger partial charge on any atom is 0.208 e. The first kappa shape index (κ1) is 13.7. The summed E-state index contributed by atoms with van der Waals surface area (Å²) in [5, 5.41) is 16.4. The second-order valence-corrected chi connectivity index (χ2v) is 4.34. The fourth-order valence-electron chi connectivity index (χ4n) is 2.03. The van der Waals surface area contributed by atoms with Gasteiger partial charge in [0.15, 0.2) is 0 Å². The number of pyridine rings is 2. The van der Waals surface area contributed by atoms with Gasteiger partial charge in [0.1, 0.15) is 11.9 Å². The molecule has 2 rings (SSSR count). The van der Waals surface area contributed by atoms with Crippen molar-refractivity contribution in [2.75, 3.05) is 12.4 Å². The van der Waals surface area contributed by atoms with E-state index in [0.29, 0.717) is 19.3 Å². The molecular formula is C14H15N5O. The molecule has 2 heterocycles. The highest BCUT2D eigenvalue weighted by Crippen LogP contribution is 2.21. The van der Waals surface area contributed by atoms with E-state index in [9.17, 15) is 4.79 Å². The molecule has 0 saturated carbocycles. The molecule has 0 radical (unpaired) electrons. The Morgan fingerprint density at radius 3 is 3.00 bits per heavy atom. The molecule has 0 saturated heterocycles. The molecule has 1 unspecified atom stereocenters. The topological polar surface area (TPSA) is 90.7 Å². The zero-order valence-electron chi connectivity index (χ0n) is 11.1. The van der Waals surface area contributed by atoms with Crippen molar-refractivity contribution in [1.82, 2.24) is 15.3 Å². The number of nitrogens with one attached hydrogen (secondary N) is 2. The second-order valence-electron chi connectivity index (χ2n) is 4.34. The molecule has 6 nitrogen and oxygen atoms in total. The van der Waals surface area contributed by atoms with Crippen LogP contribution in [0.25, 0.3) is 10.8 Å². The van der Waals surface area contributed by atoms with Gasteiger partial charge < -0.3 is 10.6 Å². The predicted molar refractivity (Wildman–Crippen MR) is 76.0 cm³/mol. The van der Waals surface area contributed by atoms with Gasteiger partial charge in [0.2, 0.25) is 6.41 Å². The maximum atomic E-state index is 10.4. The van der Waals surface area contributed by atoms with Gasteiger partial charge in [-0.2, -0.15) is 5.26 Å². The van der Waals surface area contributed by atoms with Crippen LogP contribution in [0, 0.1) is 11.3 Å². The van der Waals surface area contributed by atoms with Gasteiger partial charge in [-0.15, -0.1) is 0 Å². The maximum absolute atomic E-state index is 10.4. The van der Waals surface area contributed by atoms with E-state index in [1.54, 1.807) is 18.6 Å². The van der Waals surface area contributed by atoms with E-state index in [4.69, 9.17) is 5.26 Å². The van der Waals surface area contributed by atoms with Crippen LogP contribution in [0.4, 0.5) is 5.82 Å². The average molecular weight is 269 g/mol. The highest BCUT2D eigenvalue weighted by Gasteiger charge is 2.09. The highest BCUT2D eigenvalue weighted by atomic mass is 16.1. The van der Waals surface area contributed by atoms with Crippen molar-refractivity contribution < 1.29 is 4.79 Å². The number of fused-ring (bicyclic) bond motifs is 1. The molecule has 6 heteroatoms. The summed E-state index contributed by atoms with van der Waals surface area (Å²) in [4.78, 5) is 18.8. The lowest BCUT2D eigenvalue weighted by atomic mass is 10.0. The van der Waals surface area contributed by atoms with Gasteiger partial charge in [0.05, 0.1) is 6.07 Å². The van der Waals surface area contributed by atoms with Crippen LogP contribution in [0.2, 0.25) is 0 Å². The van der Waals surface area contributed by atoms with Crippen LogP contribution in [-0.4, -0.2) is 29.5 Å². The van der Waals surface area contributed by atoms with Crippen LogP contribution in [0.5, 0.6) is 0 Å². The number of rotatable bonds is 6. The number of anilines is 1. The van der Waals surface area contributed by atoms with Gasteiger partial charge in [-0.05, 0) is 29.9 Å². The summed E-state index contributed by atoms with van der Waals surface area (Å²) in [5.74, 6) is 0.785. The van der Waals surface area contributed by atoms with Crippen LogP contribution in [0.3, 0.4) is 0 Å². The van der Waals surface area contributed by atoms with Crippen molar-refractivity contribution in [3.63, 3.8) is 0 Å². The molecular weight excluding hydrogens is 254 g/mol. The normalized spacial score (nSPS) is 11.6. The summed E-state index contributed by atoms with van der Waals surface area (Å²) < 4.78 is 0. The lowest BCUT2D eigenvalue weighted by Gasteiger charge is -2.10. The molecule has 1 atom stereocenters. The molecule has 0 aliphatic rings. The van der Waals surface area contributed by atoms with Crippen LogP contribution >= 0.6 is 0 Å². The third-order valence-corrected chi connectivity index (χ3v) is 3.11. The first-order chi connectivity index (χ1) is 9.78. The molecule has 0 spiro atoms. The Balaban J connectivity index is 2.25. The Morgan fingerprint density at radius 2 is 2.30 bits per heavy atom. The van der Waals surface area contributed by atoms with E-state index in [1.165, 1.54) is 0 Å². The SMILES string of the molecule is CNc1cc2c(CCC(C#N)NC=O)cncc2cn1. The molecule has 2 N–H and O–H groups in total. The number of aryl methyl sites for hydroxylation is 1. The first-order valence-corrected chi connectivity index (χ1v) is 6.28. The van der Waals surface area contributed by atoms with E-state index in [-0.39, 0.29) is 0 Å². The number of carbonyl (C=O) groups is 1. The Labute approximate surface area is 116 Å². The van der Waals surface area contributed by atoms with Crippen molar-refractivity contribution in [3.8, 4) is 6.07 Å². The van der Waals surface area contributed by atoms with Gasteiger partial charge in [0, 0.05) is 31.0 Å². The molecule has 20 heavy (non-hydrogen) atoms. The van der Waals surface area contributed by atoms with Crippen molar-refractivity contribution in [2.24, 2.45) is 0 Å². The predicted octanol–water partition coefficient (Wildman–Crippen LogP) is 1.24. The summed E-state index contributed by atoms with van der Waals surface area (Å²) in [6, 6.07) is 3.54. The van der Waals surface area contributed by atoms with Crippen LogP contribution < -0.4 is 10.6 Å². The van der Waals surface area contributed by atoms with Crippen molar-refractivity contribution >= 4 is 23.0 Å². The number of hydrogen-bond acceptors (Lipinski definition) is 5. The van der Waals surface area contributed by atoms with Crippen molar-refractivity contribution in [2.45, 2.75) is 18.9 Å². The molecule has 0 bridgehead atoms. The minimum absolute atomic E-state index is 0.478. The van der Waals surface area contributed by atoms with Crippen LogP contribution in [-0.2, 0) is 11.2 Å². The zero-order chi connectivity index (χ0) is 14.4. The molecule has 0 aliphatic heterocycles. The quantitative estimate of drug-likeness (QED) is 0.770. The van der Waals surface area contributed by atoms with Gasteiger partial charge in [-0.25, -0.2) is 4.98 Å². The summed E-state index contributed by atoms with van der Waals surface area (Å²) in [5.41, 5.74) is 1.04. The van der Waals surface area contributed by atoms with Gasteiger partial charge in [0.25, 0.3) is 0 Å².